The Morgan fingerprint density at radius 1 is 0.632 bits per heavy atom. The zero-order valence-electron chi connectivity index (χ0n) is 14.5. The number of unbranched alkanes of at least 4 members (excludes halogenated alkanes) is 3. The van der Waals surface area contributed by atoms with Gasteiger partial charge in [-0.1, -0.05) is 67.2 Å². The van der Waals surface area contributed by atoms with Crippen molar-refractivity contribution in [3.05, 3.63) is 0 Å². The Balaban J connectivity index is 3.57. The van der Waals surface area contributed by atoms with E-state index in [9.17, 15) is 0 Å². The molecule has 0 aliphatic rings. The lowest BCUT2D eigenvalue weighted by atomic mass is 9.95. The smallest absolute Gasteiger partial charge is 0.00719 e. The van der Waals surface area contributed by atoms with E-state index in [-0.39, 0.29) is 0 Å². The van der Waals surface area contributed by atoms with Gasteiger partial charge in [0.2, 0.25) is 0 Å². The van der Waals surface area contributed by atoms with Crippen LogP contribution in [0.3, 0.4) is 0 Å². The average molecular weight is 270 g/mol. The molecule has 0 aromatic carbocycles. The molecule has 1 nitrogen and oxygen atoms in total. The standard InChI is InChI=1S/C18H39N/c1-15(2)11-9-7-8-10-12-19-18(13-16(3)4)14-17(5)6/h15-19H,7-14H2,1-6H3. The molecule has 1 N–H and O–H groups in total. The molecule has 0 aliphatic carbocycles. The van der Waals surface area contributed by atoms with E-state index >= 15 is 0 Å². The van der Waals surface area contributed by atoms with Crippen LogP contribution in [-0.4, -0.2) is 12.6 Å². The van der Waals surface area contributed by atoms with Crippen LogP contribution >= 0.6 is 0 Å². The second kappa shape index (κ2) is 11.8. The third kappa shape index (κ3) is 14.2. The molecule has 0 bridgehead atoms. The summed E-state index contributed by atoms with van der Waals surface area (Å²) in [6, 6.07) is 0.732. The molecule has 0 amide bonds. The van der Waals surface area contributed by atoms with Crippen molar-refractivity contribution < 1.29 is 0 Å². The Morgan fingerprint density at radius 2 is 1.16 bits per heavy atom. The summed E-state index contributed by atoms with van der Waals surface area (Å²) >= 11 is 0. The topological polar surface area (TPSA) is 12.0 Å². The van der Waals surface area contributed by atoms with Crippen LogP contribution in [-0.2, 0) is 0 Å². The predicted molar refractivity (Wildman–Crippen MR) is 88.6 cm³/mol. The summed E-state index contributed by atoms with van der Waals surface area (Å²) in [7, 11) is 0. The molecule has 0 aliphatic heterocycles. The first-order valence-electron chi connectivity index (χ1n) is 8.65. The highest BCUT2D eigenvalue weighted by molar-refractivity contribution is 4.70. The lowest BCUT2D eigenvalue weighted by Crippen LogP contribution is -2.32. The number of rotatable bonds is 12. The fourth-order valence-corrected chi connectivity index (χ4v) is 2.74. The van der Waals surface area contributed by atoms with E-state index in [1.807, 2.05) is 0 Å². The maximum Gasteiger partial charge on any atom is 0.00719 e. The van der Waals surface area contributed by atoms with E-state index in [0.29, 0.717) is 0 Å². The van der Waals surface area contributed by atoms with Crippen molar-refractivity contribution >= 4 is 0 Å². The Morgan fingerprint density at radius 3 is 1.63 bits per heavy atom. The van der Waals surface area contributed by atoms with Gasteiger partial charge >= 0.3 is 0 Å². The summed E-state index contributed by atoms with van der Waals surface area (Å²) in [4.78, 5) is 0. The molecule has 0 aromatic heterocycles. The SMILES string of the molecule is CC(C)CCCCCCNC(CC(C)C)CC(C)C. The van der Waals surface area contributed by atoms with E-state index in [0.717, 1.165) is 23.8 Å². The minimum atomic E-state index is 0.732. The maximum atomic E-state index is 3.78. The largest absolute Gasteiger partial charge is 0.314 e. The fourth-order valence-electron chi connectivity index (χ4n) is 2.74. The van der Waals surface area contributed by atoms with Gasteiger partial charge in [0, 0.05) is 6.04 Å². The van der Waals surface area contributed by atoms with Gasteiger partial charge in [-0.15, -0.1) is 0 Å². The summed E-state index contributed by atoms with van der Waals surface area (Å²) in [6.45, 7) is 15.2. The molecule has 19 heavy (non-hydrogen) atoms. The monoisotopic (exact) mass is 269 g/mol. The van der Waals surface area contributed by atoms with Crippen molar-refractivity contribution in [2.24, 2.45) is 17.8 Å². The molecule has 0 heterocycles. The first kappa shape index (κ1) is 19.0. The van der Waals surface area contributed by atoms with Crippen molar-refractivity contribution in [3.63, 3.8) is 0 Å². The number of nitrogens with one attached hydrogen (secondary N) is 1. The highest BCUT2D eigenvalue weighted by Gasteiger charge is 2.11. The highest BCUT2D eigenvalue weighted by Crippen LogP contribution is 2.14. The Labute approximate surface area is 122 Å². The van der Waals surface area contributed by atoms with Gasteiger partial charge in [-0.25, -0.2) is 0 Å². The van der Waals surface area contributed by atoms with Crippen LogP contribution in [0.2, 0.25) is 0 Å². The van der Waals surface area contributed by atoms with Crippen molar-refractivity contribution in [1.29, 1.82) is 0 Å². The fraction of sp³-hybridized carbons (Fsp3) is 1.00. The van der Waals surface area contributed by atoms with Crippen LogP contribution in [0.1, 0.15) is 86.5 Å². The molecular formula is C18H39N. The van der Waals surface area contributed by atoms with E-state index in [1.165, 1.54) is 51.5 Å². The Hall–Kier alpha value is -0.0400. The third-order valence-corrected chi connectivity index (χ3v) is 3.65. The first-order valence-corrected chi connectivity index (χ1v) is 8.65. The molecule has 0 atom stereocenters. The average Bonchev–Trinajstić information content (AvgIpc) is 2.25. The normalized spacial score (nSPS) is 12.3. The molecule has 1 heteroatoms. The lowest BCUT2D eigenvalue weighted by Gasteiger charge is -2.22. The van der Waals surface area contributed by atoms with Crippen LogP contribution in [0.5, 0.6) is 0 Å². The molecular weight excluding hydrogens is 230 g/mol. The van der Waals surface area contributed by atoms with Crippen LogP contribution in [0.25, 0.3) is 0 Å². The van der Waals surface area contributed by atoms with Gasteiger partial charge < -0.3 is 5.32 Å². The molecule has 0 spiro atoms. The van der Waals surface area contributed by atoms with Crippen LogP contribution in [0, 0.1) is 17.8 Å². The van der Waals surface area contributed by atoms with E-state index in [2.05, 4.69) is 46.9 Å². The van der Waals surface area contributed by atoms with Gasteiger partial charge in [0.25, 0.3) is 0 Å². The minimum absolute atomic E-state index is 0.732. The van der Waals surface area contributed by atoms with Gasteiger partial charge in [0.05, 0.1) is 0 Å². The van der Waals surface area contributed by atoms with E-state index in [4.69, 9.17) is 0 Å². The molecule has 0 fully saturated rings. The molecule has 0 saturated heterocycles. The second-order valence-electron chi connectivity index (χ2n) is 7.51. The summed E-state index contributed by atoms with van der Waals surface area (Å²) in [5.41, 5.74) is 0. The summed E-state index contributed by atoms with van der Waals surface area (Å²) in [5.74, 6) is 2.49. The Kier molecular flexibility index (Phi) is 11.7. The molecule has 0 unspecified atom stereocenters. The molecule has 0 rings (SSSR count). The first-order chi connectivity index (χ1) is 8.91. The third-order valence-electron chi connectivity index (χ3n) is 3.65. The highest BCUT2D eigenvalue weighted by atomic mass is 14.9. The molecule has 0 radical (unpaired) electrons. The lowest BCUT2D eigenvalue weighted by molar-refractivity contribution is 0.356. The van der Waals surface area contributed by atoms with Crippen LogP contribution in [0.4, 0.5) is 0 Å². The van der Waals surface area contributed by atoms with Crippen molar-refractivity contribution in [2.75, 3.05) is 6.54 Å². The van der Waals surface area contributed by atoms with Crippen molar-refractivity contribution in [3.8, 4) is 0 Å². The van der Waals surface area contributed by atoms with Crippen LogP contribution < -0.4 is 5.32 Å². The summed E-state index contributed by atoms with van der Waals surface area (Å²) in [6.07, 6.45) is 9.63. The molecule has 0 saturated carbocycles. The van der Waals surface area contributed by atoms with Gasteiger partial charge in [-0.05, 0) is 43.6 Å². The van der Waals surface area contributed by atoms with E-state index < -0.39 is 0 Å². The van der Waals surface area contributed by atoms with Gasteiger partial charge in [-0.3, -0.25) is 0 Å². The van der Waals surface area contributed by atoms with Crippen molar-refractivity contribution in [2.45, 2.75) is 92.5 Å². The quantitative estimate of drug-likeness (QED) is 0.452. The maximum absolute atomic E-state index is 3.78. The van der Waals surface area contributed by atoms with Gasteiger partial charge in [0.1, 0.15) is 0 Å². The Bertz CT molecular complexity index is 174. The molecule has 0 aromatic rings. The van der Waals surface area contributed by atoms with E-state index in [1.54, 1.807) is 0 Å². The van der Waals surface area contributed by atoms with Gasteiger partial charge in [0.15, 0.2) is 0 Å². The zero-order valence-corrected chi connectivity index (χ0v) is 14.5. The second-order valence-corrected chi connectivity index (χ2v) is 7.51. The minimum Gasteiger partial charge on any atom is -0.314 e. The summed E-state index contributed by atoms with van der Waals surface area (Å²) in [5, 5.41) is 3.78. The predicted octanol–water partition coefficient (Wildman–Crippen LogP) is 5.64. The summed E-state index contributed by atoms with van der Waals surface area (Å²) < 4.78 is 0. The number of hydrogen-bond acceptors (Lipinski definition) is 1. The number of hydrogen-bond donors (Lipinski definition) is 1. The molecule has 116 valence electrons. The van der Waals surface area contributed by atoms with Crippen molar-refractivity contribution in [1.82, 2.24) is 5.32 Å². The van der Waals surface area contributed by atoms with Gasteiger partial charge in [-0.2, -0.15) is 0 Å². The zero-order chi connectivity index (χ0) is 14.7. The van der Waals surface area contributed by atoms with Crippen LogP contribution in [0.15, 0.2) is 0 Å².